The van der Waals surface area contributed by atoms with Gasteiger partial charge in [0.25, 0.3) is 5.56 Å². The van der Waals surface area contributed by atoms with Crippen molar-refractivity contribution >= 4 is 23.3 Å². The molecule has 1 amide bonds. The molecule has 0 saturated carbocycles. The van der Waals surface area contributed by atoms with Gasteiger partial charge in [-0.05, 0) is 66.9 Å². The molecule has 7 nitrogen and oxygen atoms in total. The zero-order chi connectivity index (χ0) is 33.1. The number of nitrogens with one attached hydrogen (secondary N) is 1. The van der Waals surface area contributed by atoms with Gasteiger partial charge in [0, 0.05) is 34.6 Å². The number of Topliss-reactive ketones (excluding diaryl/α,β-unsaturated/α-hetero) is 1. The molecule has 11 heteroatoms. The number of benzene rings is 3. The summed E-state index contributed by atoms with van der Waals surface area (Å²) in [5.41, 5.74) is -0.713. The molecule has 4 aromatic rings. The van der Waals surface area contributed by atoms with E-state index in [4.69, 9.17) is 0 Å². The largest absolute Gasteiger partial charge is 0.416 e. The van der Waals surface area contributed by atoms with E-state index in [1.54, 1.807) is 45.9 Å². The van der Waals surface area contributed by atoms with Gasteiger partial charge in [-0.1, -0.05) is 39.0 Å². The van der Waals surface area contributed by atoms with Gasteiger partial charge in [-0.25, -0.2) is 9.37 Å². The molecule has 1 N–H and O–H groups in total. The number of nitrogens with zero attached hydrogens (tertiary/aromatic N) is 2. The molecule has 0 unspecified atom stereocenters. The lowest BCUT2D eigenvalue weighted by molar-refractivity contribution is -0.137. The predicted molar refractivity (Wildman–Crippen MR) is 162 cm³/mol. The Morgan fingerprint density at radius 1 is 0.978 bits per heavy atom. The molecule has 0 spiro atoms. The van der Waals surface area contributed by atoms with E-state index in [1.807, 2.05) is 0 Å². The summed E-state index contributed by atoms with van der Waals surface area (Å²) in [4.78, 5) is 56.5. The van der Waals surface area contributed by atoms with E-state index in [0.29, 0.717) is 29.2 Å². The van der Waals surface area contributed by atoms with Crippen LogP contribution in [0.3, 0.4) is 0 Å². The highest BCUT2D eigenvalue weighted by Gasteiger charge is 2.32. The van der Waals surface area contributed by atoms with E-state index in [2.05, 4.69) is 10.3 Å². The first-order valence-corrected chi connectivity index (χ1v) is 14.3. The summed E-state index contributed by atoms with van der Waals surface area (Å²) < 4.78 is 56.7. The highest BCUT2D eigenvalue weighted by molar-refractivity contribution is 6.09. The van der Waals surface area contributed by atoms with Crippen LogP contribution >= 0.6 is 0 Å². The van der Waals surface area contributed by atoms with Gasteiger partial charge < -0.3 is 5.32 Å². The van der Waals surface area contributed by atoms with Crippen molar-refractivity contribution < 1.29 is 31.9 Å². The second kappa shape index (κ2) is 13.4. The van der Waals surface area contributed by atoms with Crippen molar-refractivity contribution in [3.05, 3.63) is 116 Å². The predicted octanol–water partition coefficient (Wildman–Crippen LogP) is 7.23. The van der Waals surface area contributed by atoms with Gasteiger partial charge in [-0.3, -0.25) is 23.7 Å². The molecule has 0 aliphatic rings. The third kappa shape index (κ3) is 7.25. The average molecular weight is 622 g/mol. The monoisotopic (exact) mass is 621 g/mol. The van der Waals surface area contributed by atoms with Crippen LogP contribution in [0.1, 0.15) is 76.6 Å². The highest BCUT2D eigenvalue weighted by Crippen LogP contribution is 2.32. The first-order chi connectivity index (χ1) is 21.2. The smallest absolute Gasteiger partial charge is 0.306 e. The van der Waals surface area contributed by atoms with Crippen LogP contribution in [-0.4, -0.2) is 27.0 Å². The van der Waals surface area contributed by atoms with E-state index in [1.165, 1.54) is 24.4 Å². The number of aromatic nitrogens is 2. The maximum atomic E-state index is 14.0. The number of hydrogen-bond donors (Lipinski definition) is 1. The molecule has 1 aromatic heterocycles. The third-order valence-electron chi connectivity index (χ3n) is 7.62. The second-order valence-electron chi connectivity index (χ2n) is 10.7. The van der Waals surface area contributed by atoms with Crippen LogP contribution in [0, 0.1) is 18.7 Å². The molecule has 0 aliphatic carbocycles. The third-order valence-corrected chi connectivity index (χ3v) is 7.62. The SMILES string of the molecule is CCC(=O)c1cccc(-c2cnc(NC(=O)[C@H](C)CC)c(=O)n2Cc2cc(C(=O)c3ccc(F)cc3)cc(C(F)(F)F)c2)c1C. The molecule has 4 rings (SSSR count). The highest BCUT2D eigenvalue weighted by atomic mass is 19.4. The Balaban J connectivity index is 1.92. The standard InChI is InChI=1S/C34H31F4N3O4/c1-5-19(3)32(44)40-31-33(45)41(28(17-39-31)26-8-7-9-27(20(26)4)29(42)6-2)18-21-14-23(16-24(15-21)34(36,37)38)30(43)22-10-12-25(35)13-11-22/h7-17,19H,5-6,18H2,1-4H3,(H,39,40,44)/t19-/m1/s1. The van der Waals surface area contributed by atoms with Crippen LogP contribution < -0.4 is 10.9 Å². The summed E-state index contributed by atoms with van der Waals surface area (Å²) >= 11 is 0. The van der Waals surface area contributed by atoms with Crippen LogP contribution in [0.2, 0.25) is 0 Å². The summed E-state index contributed by atoms with van der Waals surface area (Å²) in [5.74, 6) is -2.75. The van der Waals surface area contributed by atoms with Gasteiger partial charge in [0.05, 0.1) is 24.0 Å². The fourth-order valence-electron chi connectivity index (χ4n) is 4.80. The molecule has 1 atom stereocenters. The number of alkyl halides is 3. The Morgan fingerprint density at radius 3 is 2.29 bits per heavy atom. The maximum absolute atomic E-state index is 14.0. The van der Waals surface area contributed by atoms with Gasteiger partial charge in [0.1, 0.15) is 5.82 Å². The molecule has 1 heterocycles. The van der Waals surface area contributed by atoms with Crippen molar-refractivity contribution in [3.63, 3.8) is 0 Å². The second-order valence-corrected chi connectivity index (χ2v) is 10.7. The minimum absolute atomic E-state index is 0.0217. The van der Waals surface area contributed by atoms with Crippen LogP contribution in [-0.2, 0) is 17.5 Å². The number of halogens is 4. The lowest BCUT2D eigenvalue weighted by atomic mass is 9.96. The quantitative estimate of drug-likeness (QED) is 0.149. The van der Waals surface area contributed by atoms with Crippen molar-refractivity contribution in [2.24, 2.45) is 5.92 Å². The van der Waals surface area contributed by atoms with E-state index in [9.17, 15) is 36.7 Å². The molecule has 234 valence electrons. The first-order valence-electron chi connectivity index (χ1n) is 14.3. The molecule has 0 radical (unpaired) electrons. The molecule has 0 aliphatic heterocycles. The molecule has 0 fully saturated rings. The number of amides is 1. The Morgan fingerprint density at radius 2 is 1.67 bits per heavy atom. The molecular weight excluding hydrogens is 590 g/mol. The number of rotatable bonds is 10. The number of anilines is 1. The van der Waals surface area contributed by atoms with Gasteiger partial charge >= 0.3 is 6.18 Å². The van der Waals surface area contributed by atoms with Gasteiger partial charge in [0.15, 0.2) is 17.4 Å². The Hall–Kier alpha value is -4.93. The number of ketones is 2. The van der Waals surface area contributed by atoms with Crippen LogP contribution in [0.25, 0.3) is 11.3 Å². The summed E-state index contributed by atoms with van der Waals surface area (Å²) in [7, 11) is 0. The minimum atomic E-state index is -4.83. The van der Waals surface area contributed by atoms with Crippen LogP contribution in [0.15, 0.2) is 71.7 Å². The van der Waals surface area contributed by atoms with E-state index >= 15 is 0 Å². The molecule has 0 bridgehead atoms. The lowest BCUT2D eigenvalue weighted by Gasteiger charge is -2.19. The van der Waals surface area contributed by atoms with Crippen molar-refractivity contribution in [2.75, 3.05) is 5.32 Å². The van der Waals surface area contributed by atoms with E-state index < -0.39 is 47.3 Å². The average Bonchev–Trinajstić information content (AvgIpc) is 3.02. The van der Waals surface area contributed by atoms with Gasteiger partial charge in [-0.15, -0.1) is 0 Å². The fourth-order valence-corrected chi connectivity index (χ4v) is 4.80. The van der Waals surface area contributed by atoms with Crippen molar-refractivity contribution in [3.8, 4) is 11.3 Å². The van der Waals surface area contributed by atoms with Gasteiger partial charge in [0.2, 0.25) is 5.91 Å². The van der Waals surface area contributed by atoms with Crippen molar-refractivity contribution in [1.82, 2.24) is 9.55 Å². The van der Waals surface area contributed by atoms with E-state index in [-0.39, 0.29) is 40.4 Å². The normalized spacial score (nSPS) is 12.1. The number of carbonyl (C=O) groups is 3. The lowest BCUT2D eigenvalue weighted by Crippen LogP contribution is -2.31. The van der Waals surface area contributed by atoms with Crippen molar-refractivity contribution in [2.45, 2.75) is 53.3 Å². The van der Waals surface area contributed by atoms with Crippen molar-refractivity contribution in [1.29, 1.82) is 0 Å². The molecule has 3 aromatic carbocycles. The summed E-state index contributed by atoms with van der Waals surface area (Å²) in [5, 5.41) is 2.51. The summed E-state index contributed by atoms with van der Waals surface area (Å²) in [6.45, 7) is 6.42. The Bertz CT molecular complexity index is 1830. The minimum Gasteiger partial charge on any atom is -0.306 e. The van der Waals surface area contributed by atoms with Gasteiger partial charge in [-0.2, -0.15) is 13.2 Å². The molecular formula is C34H31F4N3O4. The van der Waals surface area contributed by atoms with Crippen LogP contribution in [0.4, 0.5) is 23.4 Å². The Kier molecular flexibility index (Phi) is 9.80. The fraction of sp³-hybridized carbons (Fsp3) is 0.265. The summed E-state index contributed by atoms with van der Waals surface area (Å²) in [6, 6.07) is 12.1. The number of carbonyl (C=O) groups excluding carboxylic acids is 3. The Labute approximate surface area is 256 Å². The first kappa shape index (κ1) is 33.0. The summed E-state index contributed by atoms with van der Waals surface area (Å²) in [6.07, 6.45) is -2.80. The maximum Gasteiger partial charge on any atom is 0.416 e. The molecule has 45 heavy (non-hydrogen) atoms. The molecule has 0 saturated heterocycles. The van der Waals surface area contributed by atoms with E-state index in [0.717, 1.165) is 22.8 Å². The number of hydrogen-bond acceptors (Lipinski definition) is 5. The zero-order valence-corrected chi connectivity index (χ0v) is 25.1. The topological polar surface area (TPSA) is 98.1 Å². The zero-order valence-electron chi connectivity index (χ0n) is 25.1. The van der Waals surface area contributed by atoms with Crippen LogP contribution in [0.5, 0.6) is 0 Å².